The van der Waals surface area contributed by atoms with Gasteiger partial charge in [0, 0.05) is 5.02 Å². The standard InChI is InChI=1S/C12H16ClNOS/c1-4-12(2,3)15-10-6-5-8(13)7-9(10)11(14)16/h5-7H,4H2,1-3H3,(H2,14,16). The van der Waals surface area contributed by atoms with E-state index in [1.54, 1.807) is 18.2 Å². The number of thiocarbonyl (C=S) groups is 1. The molecule has 0 amide bonds. The van der Waals surface area contributed by atoms with E-state index in [0.717, 1.165) is 6.42 Å². The number of hydrogen-bond acceptors (Lipinski definition) is 2. The van der Waals surface area contributed by atoms with Crippen LogP contribution < -0.4 is 10.5 Å². The van der Waals surface area contributed by atoms with Crippen LogP contribution in [0, 0.1) is 0 Å². The first kappa shape index (κ1) is 13.3. The van der Waals surface area contributed by atoms with Crippen LogP contribution >= 0.6 is 23.8 Å². The van der Waals surface area contributed by atoms with Crippen LogP contribution in [-0.4, -0.2) is 10.6 Å². The molecule has 1 aromatic rings. The zero-order valence-electron chi connectivity index (χ0n) is 9.71. The van der Waals surface area contributed by atoms with Crippen LogP contribution in [0.4, 0.5) is 0 Å². The molecule has 0 atom stereocenters. The van der Waals surface area contributed by atoms with E-state index in [9.17, 15) is 0 Å². The van der Waals surface area contributed by atoms with Crippen molar-refractivity contribution in [2.45, 2.75) is 32.8 Å². The van der Waals surface area contributed by atoms with Gasteiger partial charge >= 0.3 is 0 Å². The Bertz CT molecular complexity index is 404. The van der Waals surface area contributed by atoms with E-state index in [4.69, 9.17) is 34.3 Å². The second kappa shape index (κ2) is 5.02. The number of halogens is 1. The van der Waals surface area contributed by atoms with Crippen LogP contribution in [0.15, 0.2) is 18.2 Å². The Labute approximate surface area is 107 Å². The lowest BCUT2D eigenvalue weighted by atomic mass is 10.1. The minimum atomic E-state index is -0.243. The summed E-state index contributed by atoms with van der Waals surface area (Å²) in [6, 6.07) is 5.30. The molecule has 0 aliphatic rings. The summed E-state index contributed by atoms with van der Waals surface area (Å²) in [5.41, 5.74) is 6.08. The molecule has 0 heterocycles. The fourth-order valence-electron chi connectivity index (χ4n) is 1.15. The van der Waals surface area contributed by atoms with Crippen molar-refractivity contribution in [2.24, 2.45) is 5.73 Å². The van der Waals surface area contributed by atoms with Gasteiger partial charge < -0.3 is 10.5 Å². The maximum atomic E-state index is 5.90. The molecule has 2 nitrogen and oxygen atoms in total. The van der Waals surface area contributed by atoms with Crippen LogP contribution in [-0.2, 0) is 0 Å². The third-order valence-electron chi connectivity index (χ3n) is 2.44. The lowest BCUT2D eigenvalue weighted by Crippen LogP contribution is -2.28. The molecule has 0 saturated carbocycles. The largest absolute Gasteiger partial charge is 0.487 e. The highest BCUT2D eigenvalue weighted by molar-refractivity contribution is 7.80. The summed E-state index contributed by atoms with van der Waals surface area (Å²) in [6.07, 6.45) is 0.895. The number of hydrogen-bond donors (Lipinski definition) is 1. The first-order chi connectivity index (χ1) is 7.35. The predicted octanol–water partition coefficient (Wildman–Crippen LogP) is 3.54. The van der Waals surface area contributed by atoms with Gasteiger partial charge in [-0.3, -0.25) is 0 Å². The van der Waals surface area contributed by atoms with Crippen LogP contribution in [0.1, 0.15) is 32.8 Å². The van der Waals surface area contributed by atoms with E-state index in [-0.39, 0.29) is 5.60 Å². The first-order valence-corrected chi connectivity index (χ1v) is 5.92. The summed E-state index contributed by atoms with van der Waals surface area (Å²) in [4.78, 5) is 0.296. The van der Waals surface area contributed by atoms with Gasteiger partial charge in [0.1, 0.15) is 16.3 Å². The van der Waals surface area contributed by atoms with Gasteiger partial charge in [-0.1, -0.05) is 30.7 Å². The molecule has 0 aromatic heterocycles. The Morgan fingerprint density at radius 3 is 2.62 bits per heavy atom. The van der Waals surface area contributed by atoms with Crippen molar-refractivity contribution in [3.63, 3.8) is 0 Å². The Morgan fingerprint density at radius 1 is 1.50 bits per heavy atom. The molecule has 0 spiro atoms. The van der Waals surface area contributed by atoms with Crippen molar-refractivity contribution >= 4 is 28.8 Å². The zero-order chi connectivity index (χ0) is 12.3. The zero-order valence-corrected chi connectivity index (χ0v) is 11.3. The molecule has 4 heteroatoms. The normalized spacial score (nSPS) is 11.2. The monoisotopic (exact) mass is 257 g/mol. The van der Waals surface area contributed by atoms with Crippen molar-refractivity contribution in [2.75, 3.05) is 0 Å². The molecule has 0 fully saturated rings. The summed E-state index contributed by atoms with van der Waals surface area (Å²) in [5.74, 6) is 0.684. The molecule has 88 valence electrons. The molecule has 0 aliphatic carbocycles. The minimum Gasteiger partial charge on any atom is -0.487 e. The molecule has 2 N–H and O–H groups in total. The van der Waals surface area contributed by atoms with Gasteiger partial charge in [0.25, 0.3) is 0 Å². The summed E-state index contributed by atoms with van der Waals surface area (Å²) in [5, 5.41) is 0.601. The van der Waals surface area contributed by atoms with Gasteiger partial charge in [-0.05, 0) is 38.5 Å². The van der Waals surface area contributed by atoms with Crippen LogP contribution in [0.2, 0.25) is 5.02 Å². The Hall–Kier alpha value is -0.800. The molecule has 0 bridgehead atoms. The average molecular weight is 258 g/mol. The predicted molar refractivity (Wildman–Crippen MR) is 72.3 cm³/mol. The number of nitrogens with two attached hydrogens (primary N) is 1. The average Bonchev–Trinajstić information content (AvgIpc) is 2.20. The summed E-state index contributed by atoms with van der Waals surface area (Å²) in [7, 11) is 0. The fraction of sp³-hybridized carbons (Fsp3) is 0.417. The molecule has 1 rings (SSSR count). The SMILES string of the molecule is CCC(C)(C)Oc1ccc(Cl)cc1C(N)=S. The maximum absolute atomic E-state index is 5.90. The summed E-state index contributed by atoms with van der Waals surface area (Å²) < 4.78 is 5.87. The second-order valence-corrected chi connectivity index (χ2v) is 5.10. The van der Waals surface area contributed by atoms with Crippen molar-refractivity contribution in [1.29, 1.82) is 0 Å². The van der Waals surface area contributed by atoms with Gasteiger partial charge in [-0.25, -0.2) is 0 Å². The highest BCUT2D eigenvalue weighted by atomic mass is 35.5. The van der Waals surface area contributed by atoms with Gasteiger partial charge in [0.15, 0.2) is 0 Å². The second-order valence-electron chi connectivity index (χ2n) is 4.22. The lowest BCUT2D eigenvalue weighted by Gasteiger charge is -2.26. The molecule has 0 radical (unpaired) electrons. The molecular formula is C12H16ClNOS. The van der Waals surface area contributed by atoms with Crippen LogP contribution in [0.5, 0.6) is 5.75 Å². The summed E-state index contributed by atoms with van der Waals surface area (Å²) in [6.45, 7) is 6.10. The minimum absolute atomic E-state index is 0.243. The topological polar surface area (TPSA) is 35.2 Å². The highest BCUT2D eigenvalue weighted by Gasteiger charge is 2.19. The van der Waals surface area contributed by atoms with Crippen molar-refractivity contribution in [1.82, 2.24) is 0 Å². The van der Waals surface area contributed by atoms with Gasteiger partial charge in [0.2, 0.25) is 0 Å². The van der Waals surface area contributed by atoms with E-state index < -0.39 is 0 Å². The molecule has 0 saturated heterocycles. The fourth-order valence-corrected chi connectivity index (χ4v) is 1.49. The van der Waals surface area contributed by atoms with E-state index in [0.29, 0.717) is 21.3 Å². The quantitative estimate of drug-likeness (QED) is 0.838. The molecule has 1 aromatic carbocycles. The third kappa shape index (κ3) is 3.35. The van der Waals surface area contributed by atoms with Crippen LogP contribution in [0.25, 0.3) is 0 Å². The first-order valence-electron chi connectivity index (χ1n) is 5.14. The molecule has 16 heavy (non-hydrogen) atoms. The van der Waals surface area contributed by atoms with Crippen molar-refractivity contribution in [3.8, 4) is 5.75 Å². The maximum Gasteiger partial charge on any atom is 0.130 e. The molecular weight excluding hydrogens is 242 g/mol. The summed E-state index contributed by atoms with van der Waals surface area (Å²) >= 11 is 10.9. The highest BCUT2D eigenvalue weighted by Crippen LogP contribution is 2.27. The molecule has 0 unspecified atom stereocenters. The van der Waals surface area contributed by atoms with E-state index in [1.165, 1.54) is 0 Å². The van der Waals surface area contributed by atoms with Gasteiger partial charge in [0.05, 0.1) is 5.56 Å². The van der Waals surface area contributed by atoms with Gasteiger partial charge in [-0.2, -0.15) is 0 Å². The van der Waals surface area contributed by atoms with Crippen LogP contribution in [0.3, 0.4) is 0 Å². The Balaban J connectivity index is 3.09. The van der Waals surface area contributed by atoms with E-state index in [2.05, 4.69) is 6.92 Å². The smallest absolute Gasteiger partial charge is 0.130 e. The molecule has 0 aliphatic heterocycles. The number of ether oxygens (including phenoxy) is 1. The third-order valence-corrected chi connectivity index (χ3v) is 2.90. The lowest BCUT2D eigenvalue weighted by molar-refractivity contribution is 0.105. The van der Waals surface area contributed by atoms with Gasteiger partial charge in [-0.15, -0.1) is 0 Å². The van der Waals surface area contributed by atoms with Crippen molar-refractivity contribution in [3.05, 3.63) is 28.8 Å². The Morgan fingerprint density at radius 2 is 2.12 bits per heavy atom. The van der Waals surface area contributed by atoms with E-state index in [1.807, 2.05) is 13.8 Å². The van der Waals surface area contributed by atoms with E-state index >= 15 is 0 Å². The van der Waals surface area contributed by atoms with Crippen molar-refractivity contribution < 1.29 is 4.74 Å². The number of benzene rings is 1. The number of rotatable bonds is 4. The Kier molecular flexibility index (Phi) is 4.16.